The third kappa shape index (κ3) is 3.88. The maximum Gasteiger partial charge on any atom is 0.348 e. The fourth-order valence-electron chi connectivity index (χ4n) is 1.98. The van der Waals surface area contributed by atoms with E-state index in [0.29, 0.717) is 15.4 Å². The van der Waals surface area contributed by atoms with E-state index in [1.165, 1.54) is 6.08 Å². The van der Waals surface area contributed by atoms with Gasteiger partial charge in [0.05, 0.1) is 18.4 Å². The highest BCUT2D eigenvalue weighted by Crippen LogP contribution is 2.33. The van der Waals surface area contributed by atoms with Gasteiger partial charge in [-0.15, -0.1) is 11.3 Å². The molecule has 0 unspecified atom stereocenters. The second kappa shape index (κ2) is 7.57. The van der Waals surface area contributed by atoms with E-state index in [1.54, 1.807) is 44.0 Å². The highest BCUT2D eigenvalue weighted by atomic mass is 32.1. The van der Waals surface area contributed by atoms with Crippen molar-refractivity contribution in [1.82, 2.24) is 9.78 Å². The van der Waals surface area contributed by atoms with Gasteiger partial charge in [0.1, 0.15) is 15.9 Å². The zero-order valence-electron chi connectivity index (χ0n) is 13.5. The van der Waals surface area contributed by atoms with Crippen LogP contribution in [0.1, 0.15) is 33.3 Å². The molecule has 2 heterocycles. The molecular weight excluding hydrogens is 328 g/mol. The fraction of sp³-hybridized carbons (Fsp3) is 0.250. The van der Waals surface area contributed by atoms with Crippen molar-refractivity contribution in [3.8, 4) is 6.07 Å². The third-order valence-electron chi connectivity index (χ3n) is 3.11. The Hall–Kier alpha value is -2.92. The van der Waals surface area contributed by atoms with Gasteiger partial charge in [0.25, 0.3) is 0 Å². The molecule has 0 saturated heterocycles. The van der Waals surface area contributed by atoms with E-state index in [-0.39, 0.29) is 12.2 Å². The number of ether oxygens (including phenoxy) is 1. The highest BCUT2D eigenvalue weighted by molar-refractivity contribution is 7.18. The number of rotatable bonds is 5. The van der Waals surface area contributed by atoms with Crippen molar-refractivity contribution in [2.45, 2.75) is 13.8 Å². The number of carbonyl (C=O) groups is 2. The molecule has 1 amide bonds. The lowest BCUT2D eigenvalue weighted by Gasteiger charge is -1.98. The van der Waals surface area contributed by atoms with Gasteiger partial charge in [-0.3, -0.25) is 9.48 Å². The average molecular weight is 344 g/mol. The van der Waals surface area contributed by atoms with E-state index >= 15 is 0 Å². The summed E-state index contributed by atoms with van der Waals surface area (Å²) in [7, 11) is 1.78. The quantitative estimate of drug-likeness (QED) is 0.664. The fourth-order valence-corrected chi connectivity index (χ4v) is 3.03. The Morgan fingerprint density at radius 1 is 1.54 bits per heavy atom. The second-order valence-electron chi connectivity index (χ2n) is 4.86. The van der Waals surface area contributed by atoms with Crippen LogP contribution < -0.4 is 5.32 Å². The molecule has 0 spiro atoms. The summed E-state index contributed by atoms with van der Waals surface area (Å²) in [5.74, 6) is -0.894. The number of aryl methyl sites for hydroxylation is 1. The number of amides is 1. The Morgan fingerprint density at radius 2 is 2.29 bits per heavy atom. The molecule has 0 bridgehead atoms. The van der Waals surface area contributed by atoms with Crippen molar-refractivity contribution in [1.29, 1.82) is 5.26 Å². The van der Waals surface area contributed by atoms with Crippen LogP contribution in [0.25, 0.3) is 6.08 Å². The molecule has 0 aliphatic heterocycles. The van der Waals surface area contributed by atoms with Gasteiger partial charge in [-0.2, -0.15) is 10.4 Å². The SMILES string of the molecule is CCOC(=O)c1sc(NC(=O)/C=C/c2cnn(C)c2)c(C#N)c1C. The van der Waals surface area contributed by atoms with Gasteiger partial charge >= 0.3 is 5.97 Å². The highest BCUT2D eigenvalue weighted by Gasteiger charge is 2.21. The number of nitrogens with one attached hydrogen (secondary N) is 1. The Morgan fingerprint density at radius 3 is 2.88 bits per heavy atom. The Balaban J connectivity index is 2.18. The molecule has 7 nitrogen and oxygen atoms in total. The number of nitrogens with zero attached hydrogens (tertiary/aromatic N) is 3. The third-order valence-corrected chi connectivity index (χ3v) is 4.30. The van der Waals surface area contributed by atoms with E-state index in [0.717, 1.165) is 16.9 Å². The van der Waals surface area contributed by atoms with Crippen LogP contribution in [0.3, 0.4) is 0 Å². The van der Waals surface area contributed by atoms with Crippen molar-refractivity contribution in [2.75, 3.05) is 11.9 Å². The maximum atomic E-state index is 12.0. The van der Waals surface area contributed by atoms with Crippen molar-refractivity contribution < 1.29 is 14.3 Å². The van der Waals surface area contributed by atoms with Crippen LogP contribution in [0, 0.1) is 18.3 Å². The van der Waals surface area contributed by atoms with Gasteiger partial charge in [0, 0.05) is 24.9 Å². The van der Waals surface area contributed by atoms with Crippen LogP contribution in [0.5, 0.6) is 0 Å². The maximum absolute atomic E-state index is 12.0. The molecule has 0 aliphatic carbocycles. The summed E-state index contributed by atoms with van der Waals surface area (Å²) in [6.45, 7) is 3.61. The number of thiophene rings is 1. The van der Waals surface area contributed by atoms with Crippen molar-refractivity contribution in [2.24, 2.45) is 7.05 Å². The first kappa shape index (κ1) is 17.4. The van der Waals surface area contributed by atoms with Crippen molar-refractivity contribution >= 4 is 34.3 Å². The molecular formula is C16H16N4O3S. The summed E-state index contributed by atoms with van der Waals surface area (Å²) >= 11 is 1.03. The lowest BCUT2D eigenvalue weighted by Crippen LogP contribution is -2.07. The molecule has 0 fully saturated rings. The molecule has 2 aromatic rings. The number of carbonyl (C=O) groups excluding carboxylic acids is 2. The lowest BCUT2D eigenvalue weighted by molar-refractivity contribution is -0.111. The minimum Gasteiger partial charge on any atom is -0.462 e. The molecule has 0 aromatic carbocycles. The zero-order valence-corrected chi connectivity index (χ0v) is 14.3. The molecule has 124 valence electrons. The summed E-state index contributed by atoms with van der Waals surface area (Å²) < 4.78 is 6.58. The monoisotopic (exact) mass is 344 g/mol. The van der Waals surface area contributed by atoms with Crippen LogP contribution in [0.15, 0.2) is 18.5 Å². The first-order valence-electron chi connectivity index (χ1n) is 7.14. The van der Waals surface area contributed by atoms with Gasteiger partial charge in [-0.05, 0) is 25.5 Å². The number of hydrogen-bond donors (Lipinski definition) is 1. The molecule has 2 aromatic heterocycles. The lowest BCUT2D eigenvalue weighted by atomic mass is 10.2. The summed E-state index contributed by atoms with van der Waals surface area (Å²) in [6, 6.07) is 2.01. The normalized spacial score (nSPS) is 10.6. The average Bonchev–Trinajstić information content (AvgIpc) is 3.09. The molecule has 0 radical (unpaired) electrons. The largest absolute Gasteiger partial charge is 0.462 e. The number of anilines is 1. The minimum atomic E-state index is -0.497. The van der Waals surface area contributed by atoms with Gasteiger partial charge < -0.3 is 10.1 Å². The van der Waals surface area contributed by atoms with Gasteiger partial charge in [-0.1, -0.05) is 0 Å². The predicted molar refractivity (Wildman–Crippen MR) is 90.6 cm³/mol. The van der Waals surface area contributed by atoms with Crippen molar-refractivity contribution in [3.63, 3.8) is 0 Å². The smallest absolute Gasteiger partial charge is 0.348 e. The molecule has 0 atom stereocenters. The standard InChI is InChI=1S/C16H16N4O3S/c1-4-23-16(22)14-10(2)12(7-17)15(24-14)19-13(21)6-5-11-8-18-20(3)9-11/h5-6,8-9H,4H2,1-3H3,(H,19,21)/b6-5+. The Kier molecular flexibility index (Phi) is 5.50. The van der Waals surface area contributed by atoms with Crippen LogP contribution in [0.2, 0.25) is 0 Å². The number of hydrogen-bond acceptors (Lipinski definition) is 6. The molecule has 1 N–H and O–H groups in total. The molecule has 8 heteroatoms. The van der Waals surface area contributed by atoms with Crippen molar-refractivity contribution in [3.05, 3.63) is 40.0 Å². The van der Waals surface area contributed by atoms with Crippen LogP contribution in [-0.2, 0) is 16.6 Å². The first-order chi connectivity index (χ1) is 11.5. The first-order valence-corrected chi connectivity index (χ1v) is 7.96. The van der Waals surface area contributed by atoms with E-state index in [9.17, 15) is 14.9 Å². The number of nitriles is 1. The minimum absolute atomic E-state index is 0.244. The van der Waals surface area contributed by atoms with E-state index in [2.05, 4.69) is 10.4 Å². The van der Waals surface area contributed by atoms with E-state index in [4.69, 9.17) is 4.74 Å². The topological polar surface area (TPSA) is 97.0 Å². The van der Waals surface area contributed by atoms with Gasteiger partial charge in [0.2, 0.25) is 5.91 Å². The number of esters is 1. The summed E-state index contributed by atoms with van der Waals surface area (Å²) in [5.41, 5.74) is 1.56. The van der Waals surface area contributed by atoms with Gasteiger partial charge in [-0.25, -0.2) is 4.79 Å². The second-order valence-corrected chi connectivity index (χ2v) is 5.88. The van der Waals surface area contributed by atoms with Crippen LogP contribution in [-0.4, -0.2) is 28.3 Å². The molecule has 0 saturated carbocycles. The molecule has 0 aliphatic rings. The van der Waals surface area contributed by atoms with E-state index in [1.807, 2.05) is 6.07 Å². The number of aromatic nitrogens is 2. The summed E-state index contributed by atoms with van der Waals surface area (Å²) in [4.78, 5) is 24.2. The summed E-state index contributed by atoms with van der Waals surface area (Å²) in [5, 5.41) is 16.2. The molecule has 24 heavy (non-hydrogen) atoms. The van der Waals surface area contributed by atoms with Gasteiger partial charge in [0.15, 0.2) is 0 Å². The van der Waals surface area contributed by atoms with Crippen LogP contribution in [0.4, 0.5) is 5.00 Å². The van der Waals surface area contributed by atoms with Crippen LogP contribution >= 0.6 is 11.3 Å². The Bertz CT molecular complexity index is 842. The summed E-state index contributed by atoms with van der Waals surface area (Å²) in [6.07, 6.45) is 6.34. The molecule has 2 rings (SSSR count). The zero-order chi connectivity index (χ0) is 17.7. The Labute approximate surface area is 143 Å². The van der Waals surface area contributed by atoms with E-state index < -0.39 is 11.9 Å². The predicted octanol–water partition coefficient (Wildman–Crippen LogP) is 2.49.